The molecule has 1 aromatic rings. The van der Waals surface area contributed by atoms with Gasteiger partial charge in [-0.2, -0.15) is 0 Å². The minimum atomic E-state index is 0.000609. The lowest BCUT2D eigenvalue weighted by molar-refractivity contribution is -0.138. The Labute approximate surface area is 126 Å². The molecule has 1 amide bonds. The van der Waals surface area contributed by atoms with E-state index >= 15 is 0 Å². The standard InChI is InChI=1S/C18H23NO2/c1-2-13-12-19(11-10-17(13)20)18(21)16-9-5-7-14-6-3-4-8-15(14)16/h3-4,6,8,13,16H,2,5,7,9-12H2,1H3. The molecule has 3 heteroatoms. The maximum absolute atomic E-state index is 12.9. The van der Waals surface area contributed by atoms with Crippen LogP contribution in [0.1, 0.15) is 49.7 Å². The average Bonchev–Trinajstić information content (AvgIpc) is 2.54. The Morgan fingerprint density at radius 1 is 1.29 bits per heavy atom. The minimum absolute atomic E-state index is 0.000609. The van der Waals surface area contributed by atoms with Gasteiger partial charge in [0.2, 0.25) is 5.91 Å². The molecule has 112 valence electrons. The average molecular weight is 285 g/mol. The highest BCUT2D eigenvalue weighted by Crippen LogP contribution is 2.33. The van der Waals surface area contributed by atoms with Crippen LogP contribution in [0.25, 0.3) is 0 Å². The van der Waals surface area contributed by atoms with Crippen LogP contribution in [-0.2, 0) is 16.0 Å². The summed E-state index contributed by atoms with van der Waals surface area (Å²) in [5.74, 6) is 0.598. The molecule has 1 aliphatic heterocycles. The van der Waals surface area contributed by atoms with Crippen molar-refractivity contribution in [1.29, 1.82) is 0 Å². The molecule has 3 nitrogen and oxygen atoms in total. The number of hydrogen-bond acceptors (Lipinski definition) is 2. The fraction of sp³-hybridized carbons (Fsp3) is 0.556. The smallest absolute Gasteiger partial charge is 0.230 e. The Morgan fingerprint density at radius 3 is 2.90 bits per heavy atom. The highest BCUT2D eigenvalue weighted by Gasteiger charge is 2.34. The molecule has 0 bridgehead atoms. The van der Waals surface area contributed by atoms with E-state index in [1.807, 2.05) is 17.9 Å². The molecule has 2 atom stereocenters. The monoisotopic (exact) mass is 285 g/mol. The van der Waals surface area contributed by atoms with Gasteiger partial charge in [0, 0.05) is 25.4 Å². The number of rotatable bonds is 2. The molecule has 2 unspecified atom stereocenters. The Morgan fingerprint density at radius 2 is 2.10 bits per heavy atom. The molecular formula is C18H23NO2. The Bertz CT molecular complexity index is 552. The molecule has 1 saturated heterocycles. The van der Waals surface area contributed by atoms with Crippen molar-refractivity contribution in [1.82, 2.24) is 4.90 Å². The van der Waals surface area contributed by atoms with Crippen LogP contribution in [0.4, 0.5) is 0 Å². The van der Waals surface area contributed by atoms with E-state index in [-0.39, 0.29) is 17.7 Å². The summed E-state index contributed by atoms with van der Waals surface area (Å²) >= 11 is 0. The fourth-order valence-corrected chi connectivity index (χ4v) is 3.70. The van der Waals surface area contributed by atoms with Crippen LogP contribution in [0.5, 0.6) is 0 Å². The van der Waals surface area contributed by atoms with Crippen molar-refractivity contribution in [3.63, 3.8) is 0 Å². The van der Waals surface area contributed by atoms with E-state index in [4.69, 9.17) is 0 Å². The summed E-state index contributed by atoms with van der Waals surface area (Å²) in [4.78, 5) is 26.7. The number of likely N-dealkylation sites (tertiary alicyclic amines) is 1. The lowest BCUT2D eigenvalue weighted by Gasteiger charge is -2.35. The lowest BCUT2D eigenvalue weighted by Crippen LogP contribution is -2.46. The van der Waals surface area contributed by atoms with E-state index in [0.29, 0.717) is 25.3 Å². The maximum Gasteiger partial charge on any atom is 0.230 e. The molecule has 1 heterocycles. The van der Waals surface area contributed by atoms with Crippen molar-refractivity contribution < 1.29 is 9.59 Å². The molecule has 0 aromatic heterocycles. The highest BCUT2D eigenvalue weighted by molar-refractivity contribution is 5.88. The second-order valence-corrected chi connectivity index (χ2v) is 6.25. The van der Waals surface area contributed by atoms with E-state index in [2.05, 4.69) is 18.2 Å². The van der Waals surface area contributed by atoms with Gasteiger partial charge in [0.25, 0.3) is 0 Å². The molecule has 1 aromatic carbocycles. The van der Waals surface area contributed by atoms with E-state index < -0.39 is 0 Å². The summed E-state index contributed by atoms with van der Waals surface area (Å²) in [5.41, 5.74) is 2.53. The number of carbonyl (C=O) groups is 2. The molecule has 3 rings (SSSR count). The highest BCUT2D eigenvalue weighted by atomic mass is 16.2. The number of Topliss-reactive ketones (excluding diaryl/α,β-unsaturated/α-hetero) is 1. The fourth-order valence-electron chi connectivity index (χ4n) is 3.70. The van der Waals surface area contributed by atoms with Gasteiger partial charge in [-0.15, -0.1) is 0 Å². The normalized spacial score (nSPS) is 25.6. The molecule has 0 spiro atoms. The van der Waals surface area contributed by atoms with Gasteiger partial charge in [-0.25, -0.2) is 0 Å². The Balaban J connectivity index is 1.79. The first-order chi connectivity index (χ1) is 10.2. The minimum Gasteiger partial charge on any atom is -0.341 e. The predicted octanol–water partition coefficient (Wildman–Crippen LogP) is 2.93. The number of aryl methyl sites for hydroxylation is 1. The number of ketones is 1. The van der Waals surface area contributed by atoms with Gasteiger partial charge in [0.05, 0.1) is 5.92 Å². The van der Waals surface area contributed by atoms with Crippen molar-refractivity contribution in [3.05, 3.63) is 35.4 Å². The summed E-state index contributed by atoms with van der Waals surface area (Å²) in [6.45, 7) is 3.26. The number of piperidine rings is 1. The van der Waals surface area contributed by atoms with Crippen molar-refractivity contribution in [3.8, 4) is 0 Å². The zero-order valence-corrected chi connectivity index (χ0v) is 12.7. The zero-order chi connectivity index (χ0) is 14.8. The van der Waals surface area contributed by atoms with Gasteiger partial charge in [0.1, 0.15) is 5.78 Å². The van der Waals surface area contributed by atoms with E-state index in [1.54, 1.807) is 0 Å². The van der Waals surface area contributed by atoms with Crippen LogP contribution in [0, 0.1) is 5.92 Å². The predicted molar refractivity (Wildman–Crippen MR) is 82.1 cm³/mol. The molecule has 1 fully saturated rings. The Hall–Kier alpha value is -1.64. The summed E-state index contributed by atoms with van der Waals surface area (Å²) in [7, 11) is 0. The molecule has 2 aliphatic rings. The van der Waals surface area contributed by atoms with Gasteiger partial charge in [-0.05, 0) is 36.8 Å². The number of carbonyl (C=O) groups excluding carboxylic acids is 2. The van der Waals surface area contributed by atoms with E-state index in [1.165, 1.54) is 11.1 Å². The molecule has 1 aliphatic carbocycles. The molecule has 0 saturated carbocycles. The number of nitrogens with zero attached hydrogens (tertiary/aromatic N) is 1. The van der Waals surface area contributed by atoms with Crippen molar-refractivity contribution in [2.45, 2.75) is 44.9 Å². The van der Waals surface area contributed by atoms with Crippen LogP contribution in [0.2, 0.25) is 0 Å². The third-order valence-electron chi connectivity index (χ3n) is 5.00. The first-order valence-corrected chi connectivity index (χ1v) is 8.10. The van der Waals surface area contributed by atoms with Crippen LogP contribution in [0.15, 0.2) is 24.3 Å². The van der Waals surface area contributed by atoms with Gasteiger partial charge >= 0.3 is 0 Å². The topological polar surface area (TPSA) is 37.4 Å². The van der Waals surface area contributed by atoms with Gasteiger partial charge in [-0.1, -0.05) is 31.2 Å². The molecule has 21 heavy (non-hydrogen) atoms. The van der Waals surface area contributed by atoms with Crippen molar-refractivity contribution >= 4 is 11.7 Å². The lowest BCUT2D eigenvalue weighted by atomic mass is 9.81. The third-order valence-corrected chi connectivity index (χ3v) is 5.00. The SMILES string of the molecule is CCC1CN(C(=O)C2CCCc3ccccc32)CCC1=O. The quantitative estimate of drug-likeness (QED) is 0.838. The van der Waals surface area contributed by atoms with Crippen LogP contribution in [0.3, 0.4) is 0 Å². The summed E-state index contributed by atoms with van der Waals surface area (Å²) in [5, 5.41) is 0. The van der Waals surface area contributed by atoms with Gasteiger partial charge < -0.3 is 4.90 Å². The molecule has 0 N–H and O–H groups in total. The molecular weight excluding hydrogens is 262 g/mol. The zero-order valence-electron chi connectivity index (χ0n) is 12.7. The number of fused-ring (bicyclic) bond motifs is 1. The first kappa shape index (κ1) is 14.3. The summed E-state index contributed by atoms with van der Waals surface area (Å²) in [6.07, 6.45) is 4.47. The van der Waals surface area contributed by atoms with Crippen LogP contribution >= 0.6 is 0 Å². The van der Waals surface area contributed by atoms with Crippen molar-refractivity contribution in [2.24, 2.45) is 5.92 Å². The third kappa shape index (κ3) is 2.74. The first-order valence-electron chi connectivity index (χ1n) is 8.10. The van der Waals surface area contributed by atoms with Crippen molar-refractivity contribution in [2.75, 3.05) is 13.1 Å². The largest absolute Gasteiger partial charge is 0.341 e. The van der Waals surface area contributed by atoms with Crippen LogP contribution < -0.4 is 0 Å². The second kappa shape index (κ2) is 6.00. The number of benzene rings is 1. The number of amides is 1. The van der Waals surface area contributed by atoms with E-state index in [0.717, 1.165) is 25.7 Å². The second-order valence-electron chi connectivity index (χ2n) is 6.25. The Kier molecular flexibility index (Phi) is 4.09. The van der Waals surface area contributed by atoms with Gasteiger partial charge in [0.15, 0.2) is 0 Å². The maximum atomic E-state index is 12.9. The van der Waals surface area contributed by atoms with E-state index in [9.17, 15) is 9.59 Å². The summed E-state index contributed by atoms with van der Waals surface area (Å²) < 4.78 is 0. The summed E-state index contributed by atoms with van der Waals surface area (Å²) in [6, 6.07) is 8.32. The van der Waals surface area contributed by atoms with Gasteiger partial charge in [-0.3, -0.25) is 9.59 Å². The number of hydrogen-bond donors (Lipinski definition) is 0. The van der Waals surface area contributed by atoms with Crippen LogP contribution in [-0.4, -0.2) is 29.7 Å². The molecule has 0 radical (unpaired) electrons.